The van der Waals surface area contributed by atoms with E-state index in [-0.39, 0.29) is 24.1 Å². The van der Waals surface area contributed by atoms with E-state index in [1.807, 2.05) is 0 Å². The molecule has 2 N–H and O–H groups in total. The summed E-state index contributed by atoms with van der Waals surface area (Å²) in [7, 11) is 0. The first-order valence-electron chi connectivity index (χ1n) is 4.69. The Morgan fingerprint density at radius 1 is 1.53 bits per heavy atom. The predicted molar refractivity (Wildman–Crippen MR) is 52.9 cm³/mol. The van der Waals surface area contributed by atoms with Gasteiger partial charge in [0.25, 0.3) is 0 Å². The molecule has 7 heteroatoms. The minimum atomic E-state index is -4.82. The average molecular weight is 245 g/mol. The maximum Gasteiger partial charge on any atom is 0.573 e. The van der Waals surface area contributed by atoms with Crippen LogP contribution in [-0.2, 0) is 13.0 Å². The first-order valence-corrected chi connectivity index (χ1v) is 4.69. The van der Waals surface area contributed by atoms with E-state index in [0.717, 1.165) is 0 Å². The summed E-state index contributed by atoms with van der Waals surface area (Å²) in [5.41, 5.74) is 5.96. The second-order valence-electron chi connectivity index (χ2n) is 3.26. The number of rotatable bonds is 3. The molecule has 17 heavy (non-hydrogen) atoms. The molecule has 0 fully saturated rings. The van der Waals surface area contributed by atoms with Crippen molar-refractivity contribution in [1.82, 2.24) is 4.98 Å². The van der Waals surface area contributed by atoms with E-state index in [9.17, 15) is 13.2 Å². The molecule has 1 aromatic heterocycles. The molecule has 4 nitrogen and oxygen atoms in total. The highest BCUT2D eigenvalue weighted by atomic mass is 19.4. The molecule has 0 aliphatic heterocycles. The second kappa shape index (κ2) is 5.01. The number of hydrogen-bond donors (Lipinski definition) is 1. The summed E-state index contributed by atoms with van der Waals surface area (Å²) >= 11 is 0. The Bertz CT molecular complexity index is 451. The van der Waals surface area contributed by atoms with Crippen molar-refractivity contribution in [2.75, 3.05) is 0 Å². The van der Waals surface area contributed by atoms with Gasteiger partial charge in [0.1, 0.15) is 5.75 Å². The number of aromatic nitrogens is 1. The number of alkyl halides is 3. The molecule has 0 amide bonds. The summed E-state index contributed by atoms with van der Waals surface area (Å²) in [6, 6.07) is 1.75. The molecule has 0 aromatic carbocycles. The van der Waals surface area contributed by atoms with Crippen LogP contribution in [0.1, 0.15) is 16.8 Å². The summed E-state index contributed by atoms with van der Waals surface area (Å²) in [5.74, 6) is -0.408. The highest BCUT2D eigenvalue weighted by Crippen LogP contribution is 2.31. The van der Waals surface area contributed by atoms with Gasteiger partial charge in [-0.05, 0) is 6.92 Å². The van der Waals surface area contributed by atoms with Gasteiger partial charge in [0, 0.05) is 29.6 Å². The summed E-state index contributed by atoms with van der Waals surface area (Å²) in [6.07, 6.45) is -3.84. The van der Waals surface area contributed by atoms with E-state index in [4.69, 9.17) is 11.0 Å². The van der Waals surface area contributed by atoms with Crippen molar-refractivity contribution in [3.05, 3.63) is 23.0 Å². The van der Waals surface area contributed by atoms with Gasteiger partial charge in [0.15, 0.2) is 0 Å². The van der Waals surface area contributed by atoms with Crippen LogP contribution in [0, 0.1) is 18.3 Å². The highest BCUT2D eigenvalue weighted by molar-refractivity contribution is 5.43. The molecular weight excluding hydrogens is 235 g/mol. The summed E-state index contributed by atoms with van der Waals surface area (Å²) in [5, 5.41) is 8.53. The SMILES string of the molecule is Cc1ncc(CC#N)c(OC(F)(F)F)c1CN. The van der Waals surface area contributed by atoms with Crippen molar-refractivity contribution in [1.29, 1.82) is 5.26 Å². The molecule has 0 bridgehead atoms. The van der Waals surface area contributed by atoms with Gasteiger partial charge in [-0.15, -0.1) is 13.2 Å². The Morgan fingerprint density at radius 3 is 2.65 bits per heavy atom. The van der Waals surface area contributed by atoms with Crippen molar-refractivity contribution in [2.24, 2.45) is 5.73 Å². The molecule has 0 radical (unpaired) electrons. The average Bonchev–Trinajstić information content (AvgIpc) is 2.21. The standard InChI is InChI=1S/C10H10F3N3O/c1-6-8(4-15)9(17-10(11,12)13)7(2-3-14)5-16-6/h5H,2,4,15H2,1H3. The van der Waals surface area contributed by atoms with Crippen LogP contribution in [0.4, 0.5) is 13.2 Å². The molecule has 0 spiro atoms. The molecule has 0 aliphatic carbocycles. The molecule has 1 aromatic rings. The topological polar surface area (TPSA) is 71.9 Å². The van der Waals surface area contributed by atoms with Gasteiger partial charge in [0.2, 0.25) is 0 Å². The minimum Gasteiger partial charge on any atom is -0.405 e. The largest absolute Gasteiger partial charge is 0.573 e. The molecular formula is C10H10F3N3O. The number of pyridine rings is 1. The fourth-order valence-corrected chi connectivity index (χ4v) is 1.36. The Balaban J connectivity index is 3.29. The zero-order valence-corrected chi connectivity index (χ0v) is 9.01. The zero-order valence-electron chi connectivity index (χ0n) is 9.01. The smallest absolute Gasteiger partial charge is 0.405 e. The van der Waals surface area contributed by atoms with Crippen molar-refractivity contribution in [3.8, 4) is 11.8 Å². The maximum atomic E-state index is 12.2. The summed E-state index contributed by atoms with van der Waals surface area (Å²) < 4.78 is 40.6. The van der Waals surface area contributed by atoms with Crippen molar-refractivity contribution in [3.63, 3.8) is 0 Å². The van der Waals surface area contributed by atoms with Crippen molar-refractivity contribution in [2.45, 2.75) is 26.3 Å². The maximum absolute atomic E-state index is 12.2. The number of aryl methyl sites for hydroxylation is 1. The number of ether oxygens (including phenoxy) is 1. The Kier molecular flexibility index (Phi) is 3.91. The lowest BCUT2D eigenvalue weighted by Gasteiger charge is -2.16. The minimum absolute atomic E-state index is 0.0795. The van der Waals surface area contributed by atoms with Crippen LogP contribution in [0.3, 0.4) is 0 Å². The first kappa shape index (κ1) is 13.3. The first-order chi connectivity index (χ1) is 7.89. The number of nitriles is 1. The molecule has 0 aliphatic rings. The third-order valence-corrected chi connectivity index (χ3v) is 2.11. The monoisotopic (exact) mass is 245 g/mol. The van der Waals surface area contributed by atoms with Gasteiger partial charge in [-0.1, -0.05) is 0 Å². The van der Waals surface area contributed by atoms with E-state index < -0.39 is 12.1 Å². The normalized spacial score (nSPS) is 11.1. The summed E-state index contributed by atoms with van der Waals surface area (Å²) in [4.78, 5) is 3.88. The van der Waals surface area contributed by atoms with Gasteiger partial charge in [-0.2, -0.15) is 5.26 Å². The lowest BCUT2D eigenvalue weighted by molar-refractivity contribution is -0.275. The van der Waals surface area contributed by atoms with Gasteiger partial charge >= 0.3 is 6.36 Å². The van der Waals surface area contributed by atoms with E-state index in [1.54, 1.807) is 6.07 Å². The number of nitrogens with two attached hydrogens (primary N) is 1. The Morgan fingerprint density at radius 2 is 2.18 bits per heavy atom. The quantitative estimate of drug-likeness (QED) is 0.881. The number of nitrogens with zero attached hydrogens (tertiary/aromatic N) is 2. The van der Waals surface area contributed by atoms with E-state index in [0.29, 0.717) is 5.69 Å². The van der Waals surface area contributed by atoms with Crippen molar-refractivity contribution < 1.29 is 17.9 Å². The van der Waals surface area contributed by atoms with Crippen LogP contribution in [0.5, 0.6) is 5.75 Å². The van der Waals surface area contributed by atoms with Gasteiger partial charge in [-0.3, -0.25) is 4.98 Å². The molecule has 0 atom stereocenters. The van der Waals surface area contributed by atoms with Gasteiger partial charge < -0.3 is 10.5 Å². The van der Waals surface area contributed by atoms with E-state index >= 15 is 0 Å². The lowest BCUT2D eigenvalue weighted by Crippen LogP contribution is -2.20. The Labute approximate surface area is 95.8 Å². The molecule has 0 unspecified atom stereocenters. The summed E-state index contributed by atoms with van der Waals surface area (Å²) in [6.45, 7) is 1.39. The van der Waals surface area contributed by atoms with Gasteiger partial charge in [-0.25, -0.2) is 0 Å². The zero-order chi connectivity index (χ0) is 13.1. The highest BCUT2D eigenvalue weighted by Gasteiger charge is 2.33. The van der Waals surface area contributed by atoms with E-state index in [2.05, 4.69) is 9.72 Å². The van der Waals surface area contributed by atoms with Crippen LogP contribution in [0.2, 0.25) is 0 Å². The number of halogens is 3. The lowest BCUT2D eigenvalue weighted by atomic mass is 10.1. The third kappa shape index (κ3) is 3.32. The number of hydrogen-bond acceptors (Lipinski definition) is 4. The molecule has 1 rings (SSSR count). The van der Waals surface area contributed by atoms with Gasteiger partial charge in [0.05, 0.1) is 12.5 Å². The van der Waals surface area contributed by atoms with E-state index in [1.165, 1.54) is 13.1 Å². The van der Waals surface area contributed by atoms with Crippen molar-refractivity contribution >= 4 is 0 Å². The van der Waals surface area contributed by atoms with Crippen LogP contribution in [-0.4, -0.2) is 11.3 Å². The van der Waals surface area contributed by atoms with Crippen LogP contribution in [0.25, 0.3) is 0 Å². The van der Waals surface area contributed by atoms with Crippen LogP contribution < -0.4 is 10.5 Å². The third-order valence-electron chi connectivity index (χ3n) is 2.11. The molecule has 92 valence electrons. The van der Waals surface area contributed by atoms with Crippen LogP contribution >= 0.6 is 0 Å². The second-order valence-corrected chi connectivity index (χ2v) is 3.26. The molecule has 1 heterocycles. The fourth-order valence-electron chi connectivity index (χ4n) is 1.36. The molecule has 0 saturated heterocycles. The fraction of sp³-hybridized carbons (Fsp3) is 0.400. The Hall–Kier alpha value is -1.81. The molecule has 0 saturated carbocycles. The van der Waals surface area contributed by atoms with Crippen LogP contribution in [0.15, 0.2) is 6.20 Å². The predicted octanol–water partition coefficient (Wildman–Crippen LogP) is 1.81.